The molecular weight excluding hydrogens is 407 g/mol. The van der Waals surface area contributed by atoms with Gasteiger partial charge >= 0.3 is 0 Å². The normalized spacial score (nSPS) is 18.9. The molecule has 2 N–H and O–H groups in total. The molecule has 6 nitrogen and oxygen atoms in total. The lowest BCUT2D eigenvalue weighted by Gasteiger charge is -2.29. The van der Waals surface area contributed by atoms with E-state index in [0.29, 0.717) is 34.3 Å². The van der Waals surface area contributed by atoms with Gasteiger partial charge in [0.05, 0.1) is 29.4 Å². The molecule has 1 aliphatic carbocycles. The van der Waals surface area contributed by atoms with Gasteiger partial charge in [-0.1, -0.05) is 17.7 Å². The number of halogens is 2. The van der Waals surface area contributed by atoms with Crippen LogP contribution in [0.1, 0.15) is 25.7 Å². The zero-order valence-corrected chi connectivity index (χ0v) is 17.7. The molecule has 0 aliphatic heterocycles. The van der Waals surface area contributed by atoms with Gasteiger partial charge in [-0.2, -0.15) is 0 Å². The molecule has 2 aromatic carbocycles. The lowest BCUT2D eigenvalue weighted by Crippen LogP contribution is -2.34. The number of rotatable bonds is 6. The van der Waals surface area contributed by atoms with Gasteiger partial charge in [0.15, 0.2) is 17.3 Å². The predicted molar refractivity (Wildman–Crippen MR) is 117 cm³/mol. The van der Waals surface area contributed by atoms with Crippen molar-refractivity contribution in [3.8, 4) is 11.5 Å². The quantitative estimate of drug-likeness (QED) is 0.568. The Morgan fingerprint density at radius 3 is 2.63 bits per heavy atom. The van der Waals surface area contributed by atoms with Gasteiger partial charge < -0.3 is 20.1 Å². The minimum absolute atomic E-state index is 0.0428. The van der Waals surface area contributed by atoms with Crippen LogP contribution in [0.5, 0.6) is 11.5 Å². The van der Waals surface area contributed by atoms with Crippen molar-refractivity contribution in [2.24, 2.45) is 0 Å². The Bertz CT molecular complexity index is 1040. The molecule has 0 amide bonds. The van der Waals surface area contributed by atoms with Gasteiger partial charge in [-0.3, -0.25) is 0 Å². The Hall–Kier alpha value is -2.64. The van der Waals surface area contributed by atoms with Gasteiger partial charge in [-0.05, 0) is 50.9 Å². The fourth-order valence-corrected chi connectivity index (χ4v) is 3.97. The first-order valence-electron chi connectivity index (χ1n) is 9.96. The molecule has 0 unspecified atom stereocenters. The molecule has 0 saturated heterocycles. The van der Waals surface area contributed by atoms with E-state index in [4.69, 9.17) is 21.1 Å². The number of nitrogens with zero attached hydrogens (tertiary/aromatic N) is 2. The average Bonchev–Trinajstić information content (AvgIpc) is 2.77. The maximum Gasteiger partial charge on any atom is 0.165 e. The smallest absolute Gasteiger partial charge is 0.165 e. The van der Waals surface area contributed by atoms with E-state index in [1.54, 1.807) is 19.2 Å². The molecule has 0 atom stereocenters. The van der Waals surface area contributed by atoms with Gasteiger partial charge in [0.2, 0.25) is 0 Å². The van der Waals surface area contributed by atoms with Crippen molar-refractivity contribution >= 4 is 34.0 Å². The highest BCUT2D eigenvalue weighted by atomic mass is 35.5. The Morgan fingerprint density at radius 2 is 1.90 bits per heavy atom. The molecule has 1 saturated carbocycles. The molecule has 1 aromatic heterocycles. The number of hydrogen-bond acceptors (Lipinski definition) is 6. The third kappa shape index (κ3) is 4.27. The molecule has 1 fully saturated rings. The lowest BCUT2D eigenvalue weighted by atomic mass is 9.93. The number of fused-ring (bicyclic) bond motifs is 1. The highest BCUT2D eigenvalue weighted by Crippen LogP contribution is 2.37. The first-order chi connectivity index (χ1) is 14.6. The van der Waals surface area contributed by atoms with Crippen molar-refractivity contribution in [1.29, 1.82) is 0 Å². The molecule has 4 rings (SSSR count). The molecular formula is C22H24ClFN4O2. The van der Waals surface area contributed by atoms with Crippen molar-refractivity contribution < 1.29 is 13.9 Å². The van der Waals surface area contributed by atoms with Crippen LogP contribution in [-0.4, -0.2) is 36.3 Å². The molecule has 158 valence electrons. The van der Waals surface area contributed by atoms with Crippen molar-refractivity contribution in [2.75, 3.05) is 19.5 Å². The van der Waals surface area contributed by atoms with Crippen LogP contribution in [0, 0.1) is 5.82 Å². The summed E-state index contributed by atoms with van der Waals surface area (Å²) in [5, 5.41) is 7.10. The average molecular weight is 431 g/mol. The third-order valence-electron chi connectivity index (χ3n) is 5.50. The fraction of sp³-hybridized carbons (Fsp3) is 0.364. The first kappa shape index (κ1) is 20.6. The van der Waals surface area contributed by atoms with Gasteiger partial charge in [-0.15, -0.1) is 0 Å². The van der Waals surface area contributed by atoms with E-state index in [-0.39, 0.29) is 16.8 Å². The summed E-state index contributed by atoms with van der Waals surface area (Å²) in [5.74, 6) is 1.17. The second kappa shape index (κ2) is 9.02. The van der Waals surface area contributed by atoms with Crippen LogP contribution in [0.3, 0.4) is 0 Å². The summed E-state index contributed by atoms with van der Waals surface area (Å²) < 4.78 is 26.2. The topological polar surface area (TPSA) is 68.3 Å². The lowest BCUT2D eigenvalue weighted by molar-refractivity contribution is 0.137. The van der Waals surface area contributed by atoms with E-state index in [0.717, 1.165) is 25.7 Å². The van der Waals surface area contributed by atoms with Crippen LogP contribution >= 0.6 is 11.6 Å². The molecule has 30 heavy (non-hydrogen) atoms. The Morgan fingerprint density at radius 1 is 1.10 bits per heavy atom. The van der Waals surface area contributed by atoms with E-state index in [1.165, 1.54) is 12.4 Å². The SMILES string of the molecule is CNC1CCC(Oc2cc3c(Nc4cccc(Cl)c4F)ncnc3cc2OC)CC1. The number of benzene rings is 2. The fourth-order valence-electron chi connectivity index (χ4n) is 3.79. The van der Waals surface area contributed by atoms with E-state index in [9.17, 15) is 4.39 Å². The van der Waals surface area contributed by atoms with Crippen LogP contribution in [0.2, 0.25) is 5.02 Å². The Labute approximate surface area is 179 Å². The maximum absolute atomic E-state index is 14.4. The Balaban J connectivity index is 1.66. The minimum atomic E-state index is -0.530. The number of hydrogen-bond donors (Lipinski definition) is 2. The zero-order valence-electron chi connectivity index (χ0n) is 16.9. The predicted octanol–water partition coefficient (Wildman–Crippen LogP) is 5.08. The van der Waals surface area contributed by atoms with Crippen molar-refractivity contribution in [2.45, 2.75) is 37.8 Å². The molecule has 8 heteroatoms. The van der Waals surface area contributed by atoms with Crippen LogP contribution in [0.25, 0.3) is 10.9 Å². The monoisotopic (exact) mass is 430 g/mol. The Kier molecular flexibility index (Phi) is 6.20. The molecule has 0 radical (unpaired) electrons. The van der Waals surface area contributed by atoms with E-state index in [1.807, 2.05) is 19.2 Å². The largest absolute Gasteiger partial charge is 0.493 e. The van der Waals surface area contributed by atoms with Gasteiger partial charge in [0.25, 0.3) is 0 Å². The van der Waals surface area contributed by atoms with E-state index >= 15 is 0 Å². The van der Waals surface area contributed by atoms with Gasteiger partial charge in [0.1, 0.15) is 12.1 Å². The number of nitrogens with one attached hydrogen (secondary N) is 2. The highest BCUT2D eigenvalue weighted by molar-refractivity contribution is 6.31. The van der Waals surface area contributed by atoms with Crippen molar-refractivity contribution in [1.82, 2.24) is 15.3 Å². The third-order valence-corrected chi connectivity index (χ3v) is 5.79. The molecule has 1 heterocycles. The summed E-state index contributed by atoms with van der Waals surface area (Å²) in [6.07, 6.45) is 5.62. The summed E-state index contributed by atoms with van der Waals surface area (Å²) in [7, 11) is 3.60. The summed E-state index contributed by atoms with van der Waals surface area (Å²) >= 11 is 5.90. The van der Waals surface area contributed by atoms with Crippen LogP contribution in [0.4, 0.5) is 15.9 Å². The standard InChI is InChI=1S/C22H24ClFN4O2/c1-25-13-6-8-14(9-7-13)30-20-10-15-18(11-19(20)29-2)26-12-27-22(15)28-17-5-3-4-16(23)21(17)24/h3-5,10-14,25H,6-9H2,1-2H3,(H,26,27,28). The van der Waals surface area contributed by atoms with Crippen LogP contribution in [-0.2, 0) is 0 Å². The molecule has 3 aromatic rings. The first-order valence-corrected chi connectivity index (χ1v) is 10.3. The molecule has 1 aliphatic rings. The zero-order chi connectivity index (χ0) is 21.1. The summed E-state index contributed by atoms with van der Waals surface area (Å²) in [6.45, 7) is 0. The van der Waals surface area contributed by atoms with Crippen molar-refractivity contribution in [3.05, 3.63) is 47.5 Å². The summed E-state index contributed by atoms with van der Waals surface area (Å²) in [5.41, 5.74) is 0.907. The van der Waals surface area contributed by atoms with Crippen molar-refractivity contribution in [3.63, 3.8) is 0 Å². The van der Waals surface area contributed by atoms with Gasteiger partial charge in [0, 0.05) is 17.5 Å². The van der Waals surface area contributed by atoms with E-state index < -0.39 is 5.82 Å². The maximum atomic E-state index is 14.4. The van der Waals surface area contributed by atoms with Gasteiger partial charge in [-0.25, -0.2) is 14.4 Å². The number of anilines is 2. The molecule has 0 bridgehead atoms. The number of aromatic nitrogens is 2. The summed E-state index contributed by atoms with van der Waals surface area (Å²) in [6, 6.07) is 8.99. The number of ether oxygens (including phenoxy) is 2. The van der Waals surface area contributed by atoms with E-state index in [2.05, 4.69) is 20.6 Å². The minimum Gasteiger partial charge on any atom is -0.493 e. The number of methoxy groups -OCH3 is 1. The van der Waals surface area contributed by atoms with Crippen LogP contribution in [0.15, 0.2) is 36.7 Å². The summed E-state index contributed by atoms with van der Waals surface area (Å²) in [4.78, 5) is 8.63. The second-order valence-electron chi connectivity index (χ2n) is 7.35. The van der Waals surface area contributed by atoms with Crippen LogP contribution < -0.4 is 20.1 Å². The highest BCUT2D eigenvalue weighted by Gasteiger charge is 2.23. The second-order valence-corrected chi connectivity index (χ2v) is 7.76. The molecule has 0 spiro atoms.